The van der Waals surface area contributed by atoms with Gasteiger partial charge in [-0.25, -0.2) is 0 Å². The summed E-state index contributed by atoms with van der Waals surface area (Å²) >= 11 is 0. The molecular weight excluding hydrogens is 224 g/mol. The van der Waals surface area contributed by atoms with Crippen molar-refractivity contribution in [2.75, 3.05) is 52.9 Å². The topological polar surface area (TPSA) is 30.5 Å². The molecule has 4 nitrogen and oxygen atoms in total. The normalized spacial score (nSPS) is 27.8. The van der Waals surface area contributed by atoms with E-state index < -0.39 is 0 Å². The van der Waals surface area contributed by atoms with E-state index in [1.807, 2.05) is 0 Å². The molecule has 1 unspecified atom stereocenters. The van der Waals surface area contributed by atoms with E-state index in [0.717, 1.165) is 19.6 Å². The number of hydrogen-bond donors (Lipinski definition) is 2. The third-order valence-corrected chi connectivity index (χ3v) is 4.53. The minimum absolute atomic E-state index is 0.333. The second kappa shape index (κ2) is 6.33. The zero-order chi connectivity index (χ0) is 13.0. The van der Waals surface area contributed by atoms with Gasteiger partial charge in [-0.3, -0.25) is 4.90 Å². The van der Waals surface area contributed by atoms with Crippen molar-refractivity contribution in [1.82, 2.24) is 20.4 Å². The first-order chi connectivity index (χ1) is 8.58. The molecule has 2 aliphatic rings. The standard InChI is InChI=1S/C14H30N4/c1-14(2,18-10-7-15-8-11-18)5-6-16-13-4-9-17(3)12-13/h13,15-16H,4-12H2,1-3H3. The van der Waals surface area contributed by atoms with Gasteiger partial charge < -0.3 is 15.5 Å². The Morgan fingerprint density at radius 2 is 1.94 bits per heavy atom. The average Bonchev–Trinajstić information content (AvgIpc) is 2.76. The maximum Gasteiger partial charge on any atom is 0.0207 e. The highest BCUT2D eigenvalue weighted by Crippen LogP contribution is 2.19. The second-order valence-electron chi connectivity index (χ2n) is 6.50. The quantitative estimate of drug-likeness (QED) is 0.741. The summed E-state index contributed by atoms with van der Waals surface area (Å²) in [4.78, 5) is 5.05. The van der Waals surface area contributed by atoms with Gasteiger partial charge >= 0.3 is 0 Å². The van der Waals surface area contributed by atoms with E-state index in [4.69, 9.17) is 0 Å². The summed E-state index contributed by atoms with van der Waals surface area (Å²) < 4.78 is 0. The van der Waals surface area contributed by atoms with Crippen molar-refractivity contribution in [2.45, 2.75) is 38.3 Å². The van der Waals surface area contributed by atoms with E-state index in [0.29, 0.717) is 11.6 Å². The molecule has 1 atom stereocenters. The second-order valence-corrected chi connectivity index (χ2v) is 6.50. The summed E-state index contributed by atoms with van der Waals surface area (Å²) in [6, 6.07) is 0.717. The summed E-state index contributed by atoms with van der Waals surface area (Å²) in [5.41, 5.74) is 0.333. The summed E-state index contributed by atoms with van der Waals surface area (Å²) in [6.07, 6.45) is 2.55. The first-order valence-electron chi connectivity index (χ1n) is 7.46. The van der Waals surface area contributed by atoms with Gasteiger partial charge in [0.1, 0.15) is 0 Å². The molecule has 0 aromatic carbocycles. The molecule has 2 aliphatic heterocycles. The van der Waals surface area contributed by atoms with E-state index in [2.05, 4.69) is 41.3 Å². The molecule has 2 heterocycles. The zero-order valence-corrected chi connectivity index (χ0v) is 12.3. The minimum Gasteiger partial charge on any atom is -0.314 e. The van der Waals surface area contributed by atoms with Crippen LogP contribution in [0.2, 0.25) is 0 Å². The molecular formula is C14H30N4. The van der Waals surface area contributed by atoms with Crippen LogP contribution in [0.1, 0.15) is 26.7 Å². The lowest BCUT2D eigenvalue weighted by Crippen LogP contribution is -2.54. The Bertz CT molecular complexity index is 248. The van der Waals surface area contributed by atoms with Crippen LogP contribution in [0.3, 0.4) is 0 Å². The average molecular weight is 254 g/mol. The maximum atomic E-state index is 3.72. The van der Waals surface area contributed by atoms with Gasteiger partial charge in [0.05, 0.1) is 0 Å². The lowest BCUT2D eigenvalue weighted by molar-refractivity contribution is 0.0949. The number of nitrogens with zero attached hydrogens (tertiary/aromatic N) is 2. The molecule has 18 heavy (non-hydrogen) atoms. The minimum atomic E-state index is 0.333. The molecule has 4 heteroatoms. The van der Waals surface area contributed by atoms with Gasteiger partial charge in [0.2, 0.25) is 0 Å². The molecule has 0 aliphatic carbocycles. The van der Waals surface area contributed by atoms with E-state index in [1.54, 1.807) is 0 Å². The lowest BCUT2D eigenvalue weighted by Gasteiger charge is -2.41. The van der Waals surface area contributed by atoms with Crippen LogP contribution in [0.5, 0.6) is 0 Å². The van der Waals surface area contributed by atoms with E-state index in [1.165, 1.54) is 39.0 Å². The lowest BCUT2D eigenvalue weighted by atomic mass is 9.97. The Kier molecular flexibility index (Phi) is 5.01. The van der Waals surface area contributed by atoms with Crippen LogP contribution in [-0.2, 0) is 0 Å². The fraction of sp³-hybridized carbons (Fsp3) is 1.00. The summed E-state index contributed by atoms with van der Waals surface area (Å²) in [7, 11) is 2.21. The molecule has 0 aromatic rings. The molecule has 0 radical (unpaired) electrons. The number of likely N-dealkylation sites (N-methyl/N-ethyl adjacent to an activating group) is 1. The molecule has 0 spiro atoms. The zero-order valence-electron chi connectivity index (χ0n) is 12.3. The van der Waals surface area contributed by atoms with Gasteiger partial charge in [0.25, 0.3) is 0 Å². The Morgan fingerprint density at radius 1 is 1.22 bits per heavy atom. The van der Waals surface area contributed by atoms with E-state index >= 15 is 0 Å². The Morgan fingerprint density at radius 3 is 2.56 bits per heavy atom. The maximum absolute atomic E-state index is 3.72. The number of rotatable bonds is 5. The van der Waals surface area contributed by atoms with Gasteiger partial charge in [-0.15, -0.1) is 0 Å². The van der Waals surface area contributed by atoms with Crippen molar-refractivity contribution in [3.63, 3.8) is 0 Å². The number of nitrogens with one attached hydrogen (secondary N) is 2. The van der Waals surface area contributed by atoms with Gasteiger partial charge in [0, 0.05) is 44.3 Å². The van der Waals surface area contributed by atoms with Crippen LogP contribution in [-0.4, -0.2) is 74.2 Å². The van der Waals surface area contributed by atoms with Gasteiger partial charge in [-0.2, -0.15) is 0 Å². The van der Waals surface area contributed by atoms with Crippen LogP contribution < -0.4 is 10.6 Å². The largest absolute Gasteiger partial charge is 0.314 e. The number of hydrogen-bond acceptors (Lipinski definition) is 4. The highest BCUT2D eigenvalue weighted by Gasteiger charge is 2.28. The monoisotopic (exact) mass is 254 g/mol. The van der Waals surface area contributed by atoms with Crippen LogP contribution >= 0.6 is 0 Å². The third kappa shape index (κ3) is 3.92. The number of piperazine rings is 1. The molecule has 0 bridgehead atoms. The smallest absolute Gasteiger partial charge is 0.0207 e. The molecule has 2 N–H and O–H groups in total. The fourth-order valence-corrected chi connectivity index (χ4v) is 3.11. The third-order valence-electron chi connectivity index (χ3n) is 4.53. The van der Waals surface area contributed by atoms with Gasteiger partial charge in [-0.1, -0.05) is 0 Å². The fourth-order valence-electron chi connectivity index (χ4n) is 3.11. The SMILES string of the molecule is CN1CCC(NCCC(C)(C)N2CCNCC2)C1. The first-order valence-corrected chi connectivity index (χ1v) is 7.46. The predicted molar refractivity (Wildman–Crippen MR) is 77.0 cm³/mol. The van der Waals surface area contributed by atoms with Crippen molar-refractivity contribution in [3.05, 3.63) is 0 Å². The van der Waals surface area contributed by atoms with Crippen molar-refractivity contribution < 1.29 is 0 Å². The molecule has 2 fully saturated rings. The highest BCUT2D eigenvalue weighted by atomic mass is 15.2. The van der Waals surface area contributed by atoms with E-state index in [-0.39, 0.29) is 0 Å². The molecule has 2 rings (SSSR count). The summed E-state index contributed by atoms with van der Waals surface area (Å²) in [6.45, 7) is 13.1. The summed E-state index contributed by atoms with van der Waals surface area (Å²) in [5.74, 6) is 0. The number of likely N-dealkylation sites (tertiary alicyclic amines) is 1. The van der Waals surface area contributed by atoms with Crippen LogP contribution in [0, 0.1) is 0 Å². The first kappa shape index (κ1) is 14.3. The predicted octanol–water partition coefficient (Wildman–Crippen LogP) is 0.354. The molecule has 2 saturated heterocycles. The van der Waals surface area contributed by atoms with Crippen molar-refractivity contribution in [2.24, 2.45) is 0 Å². The molecule has 0 aromatic heterocycles. The van der Waals surface area contributed by atoms with Crippen LogP contribution in [0.25, 0.3) is 0 Å². The molecule has 0 amide bonds. The van der Waals surface area contributed by atoms with Gasteiger partial charge in [0.15, 0.2) is 0 Å². The Balaban J connectivity index is 1.67. The van der Waals surface area contributed by atoms with Crippen molar-refractivity contribution in [1.29, 1.82) is 0 Å². The van der Waals surface area contributed by atoms with Crippen molar-refractivity contribution in [3.8, 4) is 0 Å². The molecule has 106 valence electrons. The summed E-state index contributed by atoms with van der Waals surface area (Å²) in [5, 5.41) is 7.15. The molecule has 0 saturated carbocycles. The van der Waals surface area contributed by atoms with Crippen molar-refractivity contribution >= 4 is 0 Å². The van der Waals surface area contributed by atoms with Crippen LogP contribution in [0.15, 0.2) is 0 Å². The Hall–Kier alpha value is -0.160. The van der Waals surface area contributed by atoms with Gasteiger partial charge in [-0.05, 0) is 46.8 Å². The Labute approximate surface area is 112 Å². The van der Waals surface area contributed by atoms with E-state index in [9.17, 15) is 0 Å². The van der Waals surface area contributed by atoms with Crippen LogP contribution in [0.4, 0.5) is 0 Å². The highest BCUT2D eigenvalue weighted by molar-refractivity contribution is 4.86.